The highest BCUT2D eigenvalue weighted by Gasteiger charge is 2.37. The number of esters is 1. The van der Waals surface area contributed by atoms with Gasteiger partial charge in [0.25, 0.3) is 11.5 Å². The molecule has 0 radical (unpaired) electrons. The fraction of sp³-hybridized carbons (Fsp3) is 0.364. The van der Waals surface area contributed by atoms with Crippen LogP contribution in [0.15, 0.2) is 47.3 Å². The second-order valence-corrected chi connectivity index (χ2v) is 7.63. The number of piperidine rings is 1. The molecule has 1 aromatic heterocycles. The molecule has 0 aliphatic carbocycles. The van der Waals surface area contributed by atoms with Crippen molar-refractivity contribution in [2.45, 2.75) is 25.8 Å². The molecule has 8 heteroatoms. The second kappa shape index (κ2) is 8.14. The Morgan fingerprint density at radius 1 is 1.07 bits per heavy atom. The molecule has 3 heterocycles. The summed E-state index contributed by atoms with van der Waals surface area (Å²) in [6, 6.07) is 11.9. The number of hydrogen-bond donors (Lipinski definition) is 1. The van der Waals surface area contributed by atoms with Crippen molar-refractivity contribution in [1.29, 1.82) is 0 Å². The number of carbonyl (C=O) groups is 3. The number of carbonyl (C=O) groups excluding carboxylic acids is 3. The Morgan fingerprint density at radius 2 is 1.87 bits per heavy atom. The fourth-order valence-corrected chi connectivity index (χ4v) is 4.38. The number of pyridine rings is 1. The Bertz CT molecular complexity index is 1060. The van der Waals surface area contributed by atoms with Crippen LogP contribution in [0.1, 0.15) is 35.3 Å². The van der Waals surface area contributed by atoms with Gasteiger partial charge in [0, 0.05) is 37.3 Å². The highest BCUT2D eigenvalue weighted by molar-refractivity contribution is 6.37. The number of amides is 2. The highest BCUT2D eigenvalue weighted by Crippen LogP contribution is 2.35. The summed E-state index contributed by atoms with van der Waals surface area (Å²) < 4.78 is 6.53. The van der Waals surface area contributed by atoms with Gasteiger partial charge < -0.3 is 19.5 Å². The molecule has 0 saturated carbocycles. The smallest absolute Gasteiger partial charge is 0.397 e. The molecule has 1 saturated heterocycles. The van der Waals surface area contributed by atoms with E-state index < -0.39 is 11.9 Å². The van der Waals surface area contributed by atoms with E-state index in [2.05, 4.69) is 5.32 Å². The number of para-hydroxylation sites is 1. The van der Waals surface area contributed by atoms with E-state index in [1.807, 2.05) is 10.6 Å². The van der Waals surface area contributed by atoms with Crippen molar-refractivity contribution in [1.82, 2.24) is 9.47 Å². The summed E-state index contributed by atoms with van der Waals surface area (Å²) in [6.45, 7) is 3.34. The summed E-state index contributed by atoms with van der Waals surface area (Å²) in [5.41, 5.74) is 1.54. The average Bonchev–Trinajstić information content (AvgIpc) is 2.74. The van der Waals surface area contributed by atoms with Gasteiger partial charge in [-0.05, 0) is 37.5 Å². The summed E-state index contributed by atoms with van der Waals surface area (Å²) in [5.74, 6) is -1.83. The normalized spacial score (nSPS) is 19.6. The molecule has 2 bridgehead atoms. The first-order chi connectivity index (χ1) is 14.5. The molecule has 2 atom stereocenters. The lowest BCUT2D eigenvalue weighted by atomic mass is 9.83. The van der Waals surface area contributed by atoms with Crippen molar-refractivity contribution in [2.24, 2.45) is 5.92 Å². The first-order valence-electron chi connectivity index (χ1n) is 10.0. The van der Waals surface area contributed by atoms with E-state index in [0.717, 1.165) is 12.1 Å². The van der Waals surface area contributed by atoms with Gasteiger partial charge in [0.2, 0.25) is 0 Å². The molecular formula is C22H23N3O5. The average molecular weight is 409 g/mol. The van der Waals surface area contributed by atoms with Gasteiger partial charge in [-0.2, -0.15) is 0 Å². The van der Waals surface area contributed by atoms with Crippen LogP contribution in [0, 0.1) is 5.92 Å². The summed E-state index contributed by atoms with van der Waals surface area (Å²) in [4.78, 5) is 50.9. The molecule has 8 nitrogen and oxygen atoms in total. The molecule has 2 aliphatic heterocycles. The Labute approximate surface area is 173 Å². The lowest BCUT2D eigenvalue weighted by Gasteiger charge is -2.42. The van der Waals surface area contributed by atoms with Crippen molar-refractivity contribution >= 4 is 23.5 Å². The van der Waals surface area contributed by atoms with Gasteiger partial charge in [-0.15, -0.1) is 0 Å². The molecule has 30 heavy (non-hydrogen) atoms. The number of aromatic nitrogens is 1. The van der Waals surface area contributed by atoms with Crippen molar-refractivity contribution in [3.8, 4) is 0 Å². The van der Waals surface area contributed by atoms with Crippen molar-refractivity contribution < 1.29 is 19.1 Å². The number of ether oxygens (including phenoxy) is 1. The first-order valence-corrected chi connectivity index (χ1v) is 10.0. The van der Waals surface area contributed by atoms with Gasteiger partial charge in [0.05, 0.1) is 17.9 Å². The number of likely N-dealkylation sites (tertiary alicyclic amines) is 1. The summed E-state index contributed by atoms with van der Waals surface area (Å²) >= 11 is 0. The van der Waals surface area contributed by atoms with E-state index in [1.165, 1.54) is 0 Å². The summed E-state index contributed by atoms with van der Waals surface area (Å²) in [7, 11) is 0. The SMILES string of the molecule is CCOC(=O)C(=O)Nc1ccccc1C(=O)N1CC2CC(C1)c1cccc(=O)n1C2. The van der Waals surface area contributed by atoms with E-state index in [9.17, 15) is 19.2 Å². The predicted molar refractivity (Wildman–Crippen MR) is 109 cm³/mol. The van der Waals surface area contributed by atoms with Crippen LogP contribution < -0.4 is 10.9 Å². The molecule has 1 N–H and O–H groups in total. The number of nitrogens with one attached hydrogen (secondary N) is 1. The monoisotopic (exact) mass is 409 g/mol. The van der Waals surface area contributed by atoms with Crippen LogP contribution in [-0.4, -0.2) is 46.9 Å². The van der Waals surface area contributed by atoms with Gasteiger partial charge in [0.15, 0.2) is 0 Å². The van der Waals surface area contributed by atoms with Gasteiger partial charge in [-0.3, -0.25) is 14.4 Å². The van der Waals surface area contributed by atoms with Crippen LogP contribution in [-0.2, 0) is 20.9 Å². The van der Waals surface area contributed by atoms with Gasteiger partial charge in [-0.1, -0.05) is 18.2 Å². The fourth-order valence-electron chi connectivity index (χ4n) is 4.38. The van der Waals surface area contributed by atoms with E-state index in [-0.39, 0.29) is 35.6 Å². The maximum absolute atomic E-state index is 13.3. The highest BCUT2D eigenvalue weighted by atomic mass is 16.5. The standard InChI is InChI=1S/C22H23N3O5/c1-2-30-22(29)20(27)23-17-7-4-3-6-16(17)21(28)24-11-14-10-15(13-24)18-8-5-9-19(26)25(18)12-14/h3-9,14-15H,2,10-13H2,1H3,(H,23,27). The molecule has 2 unspecified atom stereocenters. The van der Waals surface area contributed by atoms with Crippen LogP contribution >= 0.6 is 0 Å². The Hall–Kier alpha value is -3.42. The third-order valence-electron chi connectivity index (χ3n) is 5.63. The van der Waals surface area contributed by atoms with E-state index in [1.54, 1.807) is 48.2 Å². The van der Waals surface area contributed by atoms with Gasteiger partial charge >= 0.3 is 11.9 Å². The maximum atomic E-state index is 13.3. The van der Waals surface area contributed by atoms with Crippen LogP contribution in [0.5, 0.6) is 0 Å². The minimum absolute atomic E-state index is 0.00556. The quantitative estimate of drug-likeness (QED) is 0.614. The largest absolute Gasteiger partial charge is 0.459 e. The Morgan fingerprint density at radius 3 is 2.67 bits per heavy atom. The van der Waals surface area contributed by atoms with Crippen LogP contribution in [0.4, 0.5) is 5.69 Å². The van der Waals surface area contributed by atoms with E-state index in [4.69, 9.17) is 4.74 Å². The molecule has 0 spiro atoms. The van der Waals surface area contributed by atoms with Crippen molar-refractivity contribution in [3.05, 3.63) is 64.1 Å². The number of benzene rings is 1. The molecule has 1 fully saturated rings. The molecule has 2 aromatic rings. The van der Waals surface area contributed by atoms with Crippen molar-refractivity contribution in [3.63, 3.8) is 0 Å². The zero-order valence-corrected chi connectivity index (χ0v) is 16.7. The third-order valence-corrected chi connectivity index (χ3v) is 5.63. The number of rotatable bonds is 3. The lowest BCUT2D eigenvalue weighted by molar-refractivity contribution is -0.152. The second-order valence-electron chi connectivity index (χ2n) is 7.63. The minimum Gasteiger partial charge on any atom is -0.459 e. The Balaban J connectivity index is 1.56. The molecule has 4 rings (SSSR count). The maximum Gasteiger partial charge on any atom is 0.397 e. The lowest BCUT2D eigenvalue weighted by Crippen LogP contribution is -2.49. The van der Waals surface area contributed by atoms with Crippen molar-refractivity contribution in [2.75, 3.05) is 25.0 Å². The van der Waals surface area contributed by atoms with Gasteiger partial charge in [-0.25, -0.2) is 4.79 Å². The minimum atomic E-state index is -0.991. The zero-order chi connectivity index (χ0) is 21.3. The topological polar surface area (TPSA) is 97.7 Å². The number of hydrogen-bond acceptors (Lipinski definition) is 5. The molecule has 2 amide bonds. The number of nitrogens with zero attached hydrogens (tertiary/aromatic N) is 2. The summed E-state index contributed by atoms with van der Waals surface area (Å²) in [6.07, 6.45) is 0.939. The molecule has 1 aromatic carbocycles. The zero-order valence-electron chi connectivity index (χ0n) is 16.7. The van der Waals surface area contributed by atoms with E-state index in [0.29, 0.717) is 25.2 Å². The molecule has 156 valence electrons. The predicted octanol–water partition coefficient (Wildman–Crippen LogP) is 1.61. The van der Waals surface area contributed by atoms with Crippen LogP contribution in [0.3, 0.4) is 0 Å². The third kappa shape index (κ3) is 3.72. The molecular weight excluding hydrogens is 386 g/mol. The first kappa shape index (κ1) is 19.9. The summed E-state index contributed by atoms with van der Waals surface area (Å²) in [5, 5.41) is 2.48. The van der Waals surface area contributed by atoms with Gasteiger partial charge in [0.1, 0.15) is 0 Å². The number of fused-ring (bicyclic) bond motifs is 4. The van der Waals surface area contributed by atoms with E-state index >= 15 is 0 Å². The molecule has 2 aliphatic rings. The number of anilines is 1. The van der Waals surface area contributed by atoms with Crippen LogP contribution in [0.25, 0.3) is 0 Å². The Kier molecular flexibility index (Phi) is 5.39. The van der Waals surface area contributed by atoms with Crippen LogP contribution in [0.2, 0.25) is 0 Å².